The Bertz CT molecular complexity index is 248. The zero-order valence-corrected chi connectivity index (χ0v) is 6.16. The van der Waals surface area contributed by atoms with Crippen LogP contribution in [-0.4, -0.2) is 11.3 Å². The number of aromatic nitrogens is 1. The molecule has 0 amide bonds. The van der Waals surface area contributed by atoms with Gasteiger partial charge in [-0.25, -0.2) is 0 Å². The van der Waals surface area contributed by atoms with Gasteiger partial charge in [0.2, 0.25) is 0 Å². The van der Waals surface area contributed by atoms with Crippen molar-refractivity contribution in [3.05, 3.63) is 29.6 Å². The van der Waals surface area contributed by atoms with Crippen LogP contribution in [-0.2, 0) is 17.8 Å². The highest BCUT2D eigenvalue weighted by molar-refractivity contribution is 5.55. The number of hydrogen-bond acceptors (Lipinski definition) is 3. The van der Waals surface area contributed by atoms with Crippen molar-refractivity contribution < 1.29 is 4.79 Å². The highest BCUT2D eigenvalue weighted by Gasteiger charge is 1.97. The van der Waals surface area contributed by atoms with Gasteiger partial charge in [-0.2, -0.15) is 0 Å². The van der Waals surface area contributed by atoms with E-state index in [-0.39, 0.29) is 0 Å². The van der Waals surface area contributed by atoms with Crippen molar-refractivity contribution in [3.63, 3.8) is 0 Å². The molecule has 58 valence electrons. The van der Waals surface area contributed by atoms with Crippen molar-refractivity contribution in [3.8, 4) is 0 Å². The predicted octanol–water partition coefficient (Wildman–Crippen LogP) is 0.282. The minimum Gasteiger partial charge on any atom is -0.326 e. The first-order valence-corrected chi connectivity index (χ1v) is 3.44. The monoisotopic (exact) mass is 150 g/mol. The number of rotatable bonds is 3. The molecule has 2 N–H and O–H groups in total. The van der Waals surface area contributed by atoms with Gasteiger partial charge in [-0.1, -0.05) is 0 Å². The molecule has 0 aliphatic rings. The van der Waals surface area contributed by atoms with Gasteiger partial charge in [0.15, 0.2) is 0 Å². The van der Waals surface area contributed by atoms with Gasteiger partial charge < -0.3 is 10.5 Å². The number of aldehydes is 1. The van der Waals surface area contributed by atoms with Crippen LogP contribution >= 0.6 is 0 Å². The summed E-state index contributed by atoms with van der Waals surface area (Å²) >= 11 is 0. The van der Waals surface area contributed by atoms with Crippen LogP contribution in [0.4, 0.5) is 0 Å². The van der Waals surface area contributed by atoms with Crippen LogP contribution in [0, 0.1) is 0 Å². The van der Waals surface area contributed by atoms with Crippen LogP contribution in [0.5, 0.6) is 0 Å². The van der Waals surface area contributed by atoms with Crippen LogP contribution in [0.15, 0.2) is 18.5 Å². The van der Waals surface area contributed by atoms with Crippen molar-refractivity contribution in [2.45, 2.75) is 13.0 Å². The van der Waals surface area contributed by atoms with E-state index in [1.54, 1.807) is 12.4 Å². The first kappa shape index (κ1) is 7.88. The molecule has 3 heteroatoms. The Labute approximate surface area is 65.2 Å². The van der Waals surface area contributed by atoms with Gasteiger partial charge in [-0.05, 0) is 17.2 Å². The molecular weight excluding hydrogens is 140 g/mol. The molecule has 0 aromatic carbocycles. The summed E-state index contributed by atoms with van der Waals surface area (Å²) in [4.78, 5) is 14.1. The summed E-state index contributed by atoms with van der Waals surface area (Å²) in [6.07, 6.45) is 4.61. The Morgan fingerprint density at radius 2 is 2.36 bits per heavy atom. The standard InChI is InChI=1S/C8H10N2O/c9-5-7-1-3-10-6-8(7)2-4-11/h1,3-4,6H,2,5,9H2. The molecule has 3 nitrogen and oxygen atoms in total. The lowest BCUT2D eigenvalue weighted by Gasteiger charge is -2.01. The molecule has 0 radical (unpaired) electrons. The first-order chi connectivity index (χ1) is 5.38. The topological polar surface area (TPSA) is 56.0 Å². The fourth-order valence-corrected chi connectivity index (χ4v) is 0.929. The average Bonchev–Trinajstić information content (AvgIpc) is 2.06. The Morgan fingerprint density at radius 1 is 1.55 bits per heavy atom. The van der Waals surface area contributed by atoms with E-state index in [0.29, 0.717) is 13.0 Å². The molecule has 1 rings (SSSR count). The van der Waals surface area contributed by atoms with E-state index in [9.17, 15) is 4.79 Å². The number of nitrogens with two attached hydrogens (primary N) is 1. The van der Waals surface area contributed by atoms with E-state index in [1.807, 2.05) is 6.07 Å². The largest absolute Gasteiger partial charge is 0.326 e. The molecule has 0 saturated heterocycles. The van der Waals surface area contributed by atoms with Gasteiger partial charge in [0.1, 0.15) is 6.29 Å². The molecule has 0 aliphatic heterocycles. The normalized spacial score (nSPS) is 9.55. The molecule has 11 heavy (non-hydrogen) atoms. The molecule has 0 spiro atoms. The summed E-state index contributed by atoms with van der Waals surface area (Å²) in [6, 6.07) is 1.83. The van der Waals surface area contributed by atoms with Gasteiger partial charge >= 0.3 is 0 Å². The summed E-state index contributed by atoms with van der Waals surface area (Å²) in [5.41, 5.74) is 7.35. The van der Waals surface area contributed by atoms with Crippen LogP contribution < -0.4 is 5.73 Å². The zero-order chi connectivity index (χ0) is 8.10. The molecule has 1 aromatic rings. The van der Waals surface area contributed by atoms with Gasteiger partial charge in [0.05, 0.1) is 0 Å². The number of carbonyl (C=O) groups excluding carboxylic acids is 1. The molecular formula is C8H10N2O. The van der Waals surface area contributed by atoms with E-state index in [2.05, 4.69) is 4.98 Å². The van der Waals surface area contributed by atoms with E-state index in [0.717, 1.165) is 17.4 Å². The zero-order valence-electron chi connectivity index (χ0n) is 6.16. The molecule has 0 atom stereocenters. The lowest BCUT2D eigenvalue weighted by atomic mass is 10.1. The van der Waals surface area contributed by atoms with Gasteiger partial charge in [-0.15, -0.1) is 0 Å². The Morgan fingerprint density at radius 3 is 3.00 bits per heavy atom. The Hall–Kier alpha value is -1.22. The predicted molar refractivity (Wildman–Crippen MR) is 41.9 cm³/mol. The summed E-state index contributed by atoms with van der Waals surface area (Å²) in [7, 11) is 0. The van der Waals surface area contributed by atoms with E-state index in [4.69, 9.17) is 5.73 Å². The molecule has 0 unspecified atom stereocenters. The van der Waals surface area contributed by atoms with Crippen LogP contribution in [0.1, 0.15) is 11.1 Å². The molecule has 0 bridgehead atoms. The highest BCUT2D eigenvalue weighted by Crippen LogP contribution is 2.04. The third kappa shape index (κ3) is 1.85. The maximum atomic E-state index is 10.2. The average molecular weight is 150 g/mol. The van der Waals surface area contributed by atoms with Gasteiger partial charge in [0, 0.05) is 25.4 Å². The molecule has 1 aromatic heterocycles. The van der Waals surface area contributed by atoms with Crippen molar-refractivity contribution in [1.82, 2.24) is 4.98 Å². The molecule has 0 fully saturated rings. The van der Waals surface area contributed by atoms with Crippen LogP contribution in [0.2, 0.25) is 0 Å². The quantitative estimate of drug-likeness (QED) is 0.630. The third-order valence-corrected chi connectivity index (χ3v) is 1.53. The second kappa shape index (κ2) is 3.83. The summed E-state index contributed by atoms with van der Waals surface area (Å²) in [6.45, 7) is 0.464. The smallest absolute Gasteiger partial charge is 0.124 e. The SMILES string of the molecule is NCc1ccncc1CC=O. The molecule has 0 saturated carbocycles. The summed E-state index contributed by atoms with van der Waals surface area (Å²) in [5, 5.41) is 0. The van der Waals surface area contributed by atoms with Crippen LogP contribution in [0.3, 0.4) is 0 Å². The second-order valence-corrected chi connectivity index (χ2v) is 2.22. The maximum absolute atomic E-state index is 10.2. The van der Waals surface area contributed by atoms with Crippen molar-refractivity contribution >= 4 is 6.29 Å². The minimum atomic E-state index is 0.403. The highest BCUT2D eigenvalue weighted by atomic mass is 16.1. The lowest BCUT2D eigenvalue weighted by Crippen LogP contribution is -2.02. The number of hydrogen-bond donors (Lipinski definition) is 1. The van der Waals surface area contributed by atoms with Crippen LogP contribution in [0.25, 0.3) is 0 Å². The molecule has 0 aliphatic carbocycles. The van der Waals surface area contributed by atoms with Crippen molar-refractivity contribution in [2.75, 3.05) is 0 Å². The fourth-order valence-electron chi connectivity index (χ4n) is 0.929. The maximum Gasteiger partial charge on any atom is 0.124 e. The van der Waals surface area contributed by atoms with Crippen molar-refractivity contribution in [1.29, 1.82) is 0 Å². The fraction of sp³-hybridized carbons (Fsp3) is 0.250. The van der Waals surface area contributed by atoms with E-state index >= 15 is 0 Å². The minimum absolute atomic E-state index is 0.403. The first-order valence-electron chi connectivity index (χ1n) is 3.44. The number of carbonyl (C=O) groups is 1. The van der Waals surface area contributed by atoms with E-state index in [1.165, 1.54) is 0 Å². The Kier molecular flexibility index (Phi) is 2.74. The van der Waals surface area contributed by atoms with Crippen molar-refractivity contribution in [2.24, 2.45) is 5.73 Å². The third-order valence-electron chi connectivity index (χ3n) is 1.53. The summed E-state index contributed by atoms with van der Waals surface area (Å²) < 4.78 is 0. The second-order valence-electron chi connectivity index (χ2n) is 2.22. The number of nitrogens with zero attached hydrogens (tertiary/aromatic N) is 1. The van der Waals surface area contributed by atoms with E-state index < -0.39 is 0 Å². The lowest BCUT2D eigenvalue weighted by molar-refractivity contribution is -0.107. The molecule has 1 heterocycles. The van der Waals surface area contributed by atoms with Gasteiger partial charge in [-0.3, -0.25) is 4.98 Å². The number of pyridine rings is 1. The van der Waals surface area contributed by atoms with Gasteiger partial charge in [0.25, 0.3) is 0 Å². The summed E-state index contributed by atoms with van der Waals surface area (Å²) in [5.74, 6) is 0. The Balaban J connectivity index is 2.92.